The normalized spacial score (nSPS) is 12.7. The molecule has 14 heavy (non-hydrogen) atoms. The van der Waals surface area contributed by atoms with Gasteiger partial charge in [-0.1, -0.05) is 29.8 Å². The molecule has 2 nitrogen and oxygen atoms in total. The highest BCUT2D eigenvalue weighted by molar-refractivity contribution is 6.31. The number of rotatable bonds is 2. The van der Waals surface area contributed by atoms with Gasteiger partial charge < -0.3 is 9.52 Å². The Bertz CT molecular complexity index is 409. The van der Waals surface area contributed by atoms with Crippen LogP contribution in [0, 0.1) is 0 Å². The van der Waals surface area contributed by atoms with Crippen molar-refractivity contribution in [1.82, 2.24) is 0 Å². The van der Waals surface area contributed by atoms with E-state index in [9.17, 15) is 5.11 Å². The van der Waals surface area contributed by atoms with Gasteiger partial charge in [0.25, 0.3) is 0 Å². The molecule has 0 saturated carbocycles. The predicted octanol–water partition coefficient (Wildman–Crippen LogP) is 3.01. The first-order valence-corrected chi connectivity index (χ1v) is 4.61. The lowest BCUT2D eigenvalue weighted by Gasteiger charge is -2.09. The van der Waals surface area contributed by atoms with Gasteiger partial charge in [0.05, 0.1) is 12.5 Å². The zero-order valence-electron chi connectivity index (χ0n) is 7.35. The molecule has 0 spiro atoms. The smallest absolute Gasteiger partial charge is 0.109 e. The quantitative estimate of drug-likeness (QED) is 0.823. The molecule has 72 valence electrons. The molecule has 1 aromatic carbocycles. The van der Waals surface area contributed by atoms with Crippen LogP contribution in [-0.2, 0) is 0 Å². The molecule has 0 amide bonds. The van der Waals surface area contributed by atoms with Gasteiger partial charge in [0.2, 0.25) is 0 Å². The summed E-state index contributed by atoms with van der Waals surface area (Å²) in [5, 5.41) is 10.5. The summed E-state index contributed by atoms with van der Waals surface area (Å²) in [7, 11) is 0. The highest BCUT2D eigenvalue weighted by Crippen LogP contribution is 2.27. The van der Waals surface area contributed by atoms with Gasteiger partial charge in [-0.25, -0.2) is 0 Å². The molecule has 1 heterocycles. The molecule has 1 aromatic heterocycles. The second kappa shape index (κ2) is 3.86. The van der Waals surface area contributed by atoms with E-state index in [4.69, 9.17) is 16.0 Å². The minimum atomic E-state index is -0.720. The molecular formula is C11H9ClO2. The van der Waals surface area contributed by atoms with Crippen molar-refractivity contribution in [1.29, 1.82) is 0 Å². The zero-order chi connectivity index (χ0) is 9.97. The topological polar surface area (TPSA) is 33.4 Å². The third kappa shape index (κ3) is 1.67. The van der Waals surface area contributed by atoms with Crippen LogP contribution in [0.15, 0.2) is 47.3 Å². The lowest BCUT2D eigenvalue weighted by atomic mass is 10.0. The van der Waals surface area contributed by atoms with Crippen LogP contribution >= 0.6 is 11.6 Å². The lowest BCUT2D eigenvalue weighted by molar-refractivity contribution is 0.219. The van der Waals surface area contributed by atoms with Crippen molar-refractivity contribution < 1.29 is 9.52 Å². The number of hydrogen-bond donors (Lipinski definition) is 1. The average Bonchev–Trinajstić information content (AvgIpc) is 2.70. The van der Waals surface area contributed by atoms with Gasteiger partial charge in [0.1, 0.15) is 6.10 Å². The Morgan fingerprint density at radius 1 is 1.21 bits per heavy atom. The van der Waals surface area contributed by atoms with Crippen LogP contribution < -0.4 is 0 Å². The fraction of sp³-hybridized carbons (Fsp3) is 0.0909. The van der Waals surface area contributed by atoms with E-state index < -0.39 is 6.10 Å². The number of halogens is 1. The van der Waals surface area contributed by atoms with Crippen LogP contribution in [0.3, 0.4) is 0 Å². The summed E-state index contributed by atoms with van der Waals surface area (Å²) in [5.41, 5.74) is 1.40. The number of benzene rings is 1. The predicted molar refractivity (Wildman–Crippen MR) is 54.2 cm³/mol. The molecule has 0 bridgehead atoms. The van der Waals surface area contributed by atoms with Gasteiger partial charge in [-0.2, -0.15) is 0 Å². The maximum absolute atomic E-state index is 9.92. The van der Waals surface area contributed by atoms with Gasteiger partial charge in [0, 0.05) is 16.1 Å². The molecule has 1 atom stereocenters. The maximum atomic E-state index is 9.92. The van der Waals surface area contributed by atoms with Crippen LogP contribution in [0.25, 0.3) is 0 Å². The van der Waals surface area contributed by atoms with Crippen molar-refractivity contribution in [2.45, 2.75) is 6.10 Å². The third-order valence-corrected chi connectivity index (χ3v) is 2.40. The SMILES string of the molecule is OC(c1ccoc1)c1ccccc1Cl. The molecule has 1 unspecified atom stereocenters. The van der Waals surface area contributed by atoms with E-state index in [2.05, 4.69) is 0 Å². The first-order chi connectivity index (χ1) is 6.79. The Kier molecular flexibility index (Phi) is 2.57. The standard InChI is InChI=1S/C11H9ClO2/c12-10-4-2-1-3-9(10)11(13)8-5-6-14-7-8/h1-7,11,13H. The van der Waals surface area contributed by atoms with E-state index in [1.165, 1.54) is 12.5 Å². The van der Waals surface area contributed by atoms with Crippen LogP contribution in [0.2, 0.25) is 5.02 Å². The summed E-state index contributed by atoms with van der Waals surface area (Å²) in [6, 6.07) is 8.92. The summed E-state index contributed by atoms with van der Waals surface area (Å²) in [4.78, 5) is 0. The Hall–Kier alpha value is -1.25. The van der Waals surface area contributed by atoms with Gasteiger partial charge in [-0.05, 0) is 12.1 Å². The Morgan fingerprint density at radius 3 is 2.64 bits per heavy atom. The first-order valence-electron chi connectivity index (χ1n) is 4.23. The lowest BCUT2D eigenvalue weighted by Crippen LogP contribution is -1.98. The molecule has 0 aliphatic heterocycles. The van der Waals surface area contributed by atoms with Gasteiger partial charge in [-0.3, -0.25) is 0 Å². The van der Waals surface area contributed by atoms with Gasteiger partial charge in [0.15, 0.2) is 0 Å². The van der Waals surface area contributed by atoms with Gasteiger partial charge in [-0.15, -0.1) is 0 Å². The summed E-state index contributed by atoms with van der Waals surface area (Å²) in [5.74, 6) is 0. The van der Waals surface area contributed by atoms with E-state index >= 15 is 0 Å². The number of aliphatic hydroxyl groups is 1. The Labute approximate surface area is 86.7 Å². The molecule has 0 radical (unpaired) electrons. The number of aliphatic hydroxyl groups excluding tert-OH is 1. The molecule has 0 aliphatic carbocycles. The van der Waals surface area contributed by atoms with E-state index in [1.807, 2.05) is 12.1 Å². The minimum absolute atomic E-state index is 0.557. The fourth-order valence-electron chi connectivity index (χ4n) is 1.31. The monoisotopic (exact) mass is 208 g/mol. The van der Waals surface area contributed by atoms with Crippen LogP contribution in [-0.4, -0.2) is 5.11 Å². The Balaban J connectivity index is 2.37. The van der Waals surface area contributed by atoms with E-state index in [1.54, 1.807) is 18.2 Å². The summed E-state index contributed by atoms with van der Waals surface area (Å²) in [6.45, 7) is 0. The van der Waals surface area contributed by atoms with Gasteiger partial charge >= 0.3 is 0 Å². The summed E-state index contributed by atoms with van der Waals surface area (Å²) < 4.78 is 4.89. The van der Waals surface area contributed by atoms with Crippen molar-refractivity contribution in [2.24, 2.45) is 0 Å². The molecule has 0 saturated heterocycles. The van der Waals surface area contributed by atoms with Crippen molar-refractivity contribution in [3.8, 4) is 0 Å². The Morgan fingerprint density at radius 2 is 2.00 bits per heavy atom. The summed E-state index contributed by atoms with van der Waals surface area (Å²) >= 11 is 5.95. The van der Waals surface area contributed by atoms with Crippen molar-refractivity contribution in [3.63, 3.8) is 0 Å². The maximum Gasteiger partial charge on any atom is 0.109 e. The van der Waals surface area contributed by atoms with Crippen molar-refractivity contribution in [3.05, 3.63) is 59.0 Å². The molecule has 1 N–H and O–H groups in total. The van der Waals surface area contributed by atoms with Crippen molar-refractivity contribution in [2.75, 3.05) is 0 Å². The van der Waals surface area contributed by atoms with E-state index in [-0.39, 0.29) is 0 Å². The fourth-order valence-corrected chi connectivity index (χ4v) is 1.55. The largest absolute Gasteiger partial charge is 0.472 e. The van der Waals surface area contributed by atoms with Crippen molar-refractivity contribution >= 4 is 11.6 Å². The summed E-state index contributed by atoms with van der Waals surface area (Å²) in [6.07, 6.45) is 2.31. The minimum Gasteiger partial charge on any atom is -0.472 e. The molecule has 3 heteroatoms. The second-order valence-corrected chi connectivity index (χ2v) is 3.39. The molecule has 0 fully saturated rings. The highest BCUT2D eigenvalue weighted by Gasteiger charge is 2.13. The second-order valence-electron chi connectivity index (χ2n) is 2.98. The molecule has 0 aliphatic rings. The molecule has 2 rings (SSSR count). The average molecular weight is 209 g/mol. The van der Waals surface area contributed by atoms with Crippen LogP contribution in [0.4, 0.5) is 0 Å². The highest BCUT2D eigenvalue weighted by atomic mass is 35.5. The zero-order valence-corrected chi connectivity index (χ0v) is 8.11. The van der Waals surface area contributed by atoms with Crippen LogP contribution in [0.1, 0.15) is 17.2 Å². The molecular weight excluding hydrogens is 200 g/mol. The number of furan rings is 1. The molecule has 2 aromatic rings. The third-order valence-electron chi connectivity index (χ3n) is 2.06. The van der Waals surface area contributed by atoms with E-state index in [0.717, 1.165) is 0 Å². The van der Waals surface area contributed by atoms with E-state index in [0.29, 0.717) is 16.1 Å². The number of hydrogen-bond acceptors (Lipinski definition) is 2. The first kappa shape index (κ1) is 9.31. The van der Waals surface area contributed by atoms with Crippen LogP contribution in [0.5, 0.6) is 0 Å².